The molecule has 0 aliphatic carbocycles. The summed E-state index contributed by atoms with van der Waals surface area (Å²) in [5.41, 5.74) is -1.04. The lowest BCUT2D eigenvalue weighted by atomic mass is 9.85. The number of benzene rings is 2. The number of aromatic nitrogens is 3. The number of rotatable bonds is 13. The highest BCUT2D eigenvalue weighted by Gasteiger charge is 2.50. The van der Waals surface area contributed by atoms with Crippen LogP contribution in [0.25, 0.3) is 0 Å². The Morgan fingerprint density at radius 1 is 1.09 bits per heavy atom. The summed E-state index contributed by atoms with van der Waals surface area (Å²) in [6.45, 7) is 6.13. The van der Waals surface area contributed by atoms with Crippen LogP contribution in [0, 0.1) is 0 Å². The topological polar surface area (TPSA) is 133 Å². The molecule has 14 heteroatoms. The highest BCUT2D eigenvalue weighted by Crippen LogP contribution is 2.37. The third kappa shape index (κ3) is 7.55. The molecule has 0 spiro atoms. The number of nitrogens with one attached hydrogen (secondary N) is 1. The molecule has 2 aromatic carbocycles. The maximum absolute atomic E-state index is 14.7. The normalized spacial score (nSPS) is 13.2. The zero-order chi connectivity index (χ0) is 32.8. The fourth-order valence-electron chi connectivity index (χ4n) is 5.02. The van der Waals surface area contributed by atoms with Crippen LogP contribution in [0.3, 0.4) is 0 Å². The lowest BCUT2D eigenvalue weighted by molar-refractivity contribution is -0.125. The van der Waals surface area contributed by atoms with Gasteiger partial charge in [-0.1, -0.05) is 50.6 Å². The van der Waals surface area contributed by atoms with Gasteiger partial charge in [0, 0.05) is 43.3 Å². The van der Waals surface area contributed by atoms with Gasteiger partial charge in [-0.05, 0) is 54.2 Å². The van der Waals surface area contributed by atoms with Crippen LogP contribution in [0.5, 0.6) is 5.75 Å². The largest absolute Gasteiger partial charge is 0.496 e. The Morgan fingerprint density at radius 2 is 1.84 bits per heavy atom. The molecule has 1 N–H and O–H groups in total. The van der Waals surface area contributed by atoms with E-state index in [1.165, 1.54) is 54.4 Å². The molecule has 1 atom stereocenters. The van der Waals surface area contributed by atoms with E-state index in [0.29, 0.717) is 12.2 Å². The maximum Gasteiger partial charge on any atom is 0.265 e. The van der Waals surface area contributed by atoms with Crippen LogP contribution in [0.4, 0.5) is 5.13 Å². The molecule has 0 saturated heterocycles. The van der Waals surface area contributed by atoms with Crippen molar-refractivity contribution in [3.05, 3.63) is 88.7 Å². The first kappa shape index (κ1) is 34.1. The number of amides is 2. The average Bonchev–Trinajstić information content (AvgIpc) is 3.71. The van der Waals surface area contributed by atoms with E-state index in [0.717, 1.165) is 16.9 Å². The van der Waals surface area contributed by atoms with Crippen molar-refractivity contribution in [2.45, 2.75) is 56.0 Å². The second kappa shape index (κ2) is 14.1. The Morgan fingerprint density at radius 3 is 2.44 bits per heavy atom. The number of ether oxygens (including phenoxy) is 2. The number of nitrogens with zero attached hydrogens (tertiary/aromatic N) is 4. The minimum Gasteiger partial charge on any atom is -0.496 e. The van der Waals surface area contributed by atoms with Crippen molar-refractivity contribution in [3.63, 3.8) is 0 Å². The van der Waals surface area contributed by atoms with Gasteiger partial charge in [0.05, 0.1) is 18.7 Å². The highest BCUT2D eigenvalue weighted by molar-refractivity contribution is 7.90. The van der Waals surface area contributed by atoms with E-state index in [9.17, 15) is 18.0 Å². The predicted molar refractivity (Wildman–Crippen MR) is 173 cm³/mol. The molecule has 0 saturated carbocycles. The lowest BCUT2D eigenvalue weighted by Crippen LogP contribution is -2.64. The number of hydrogen-bond acceptors (Lipinski definition) is 9. The molecule has 45 heavy (non-hydrogen) atoms. The summed E-state index contributed by atoms with van der Waals surface area (Å²) >= 11 is 7.36. The molecule has 4 rings (SSSR count). The van der Waals surface area contributed by atoms with Gasteiger partial charge in [0.2, 0.25) is 0 Å². The minimum atomic E-state index is -4.48. The summed E-state index contributed by atoms with van der Waals surface area (Å²) in [4.78, 5) is 34.7. The van der Waals surface area contributed by atoms with Crippen molar-refractivity contribution in [1.82, 2.24) is 19.5 Å². The zero-order valence-corrected chi connectivity index (χ0v) is 28.1. The SMILES string of the molecule is COCCCC(Cn1cccn1)(C(=O)NS(=O)(=O)c1ccccc1Cl)N(C(=O)c1ccc(C(C)(C)C)c(OC)c1)c1nccs1. The van der Waals surface area contributed by atoms with Crippen LogP contribution < -0.4 is 14.4 Å². The maximum atomic E-state index is 14.7. The van der Waals surface area contributed by atoms with Crippen molar-refractivity contribution >= 4 is 49.9 Å². The van der Waals surface area contributed by atoms with Gasteiger partial charge in [-0.2, -0.15) is 5.10 Å². The molecule has 1 unspecified atom stereocenters. The van der Waals surface area contributed by atoms with Crippen LogP contribution in [-0.4, -0.2) is 61.4 Å². The minimum absolute atomic E-state index is 0.00684. The van der Waals surface area contributed by atoms with Crippen LogP contribution in [0.2, 0.25) is 5.02 Å². The van der Waals surface area contributed by atoms with Gasteiger partial charge < -0.3 is 9.47 Å². The molecule has 0 bridgehead atoms. The summed E-state index contributed by atoms with van der Waals surface area (Å²) in [7, 11) is -1.43. The fourth-order valence-corrected chi connectivity index (χ4v) is 7.31. The van der Waals surface area contributed by atoms with Crippen molar-refractivity contribution in [2.75, 3.05) is 25.7 Å². The first-order chi connectivity index (χ1) is 21.3. The number of hydrogen-bond donors (Lipinski definition) is 1. The van der Waals surface area contributed by atoms with E-state index in [2.05, 4.69) is 14.8 Å². The number of thiazole rings is 1. The van der Waals surface area contributed by atoms with Crippen LogP contribution in [0.15, 0.2) is 77.4 Å². The predicted octanol–water partition coefficient (Wildman–Crippen LogP) is 5.32. The molecule has 2 amide bonds. The van der Waals surface area contributed by atoms with E-state index in [1.54, 1.807) is 35.8 Å². The number of carbonyl (C=O) groups is 2. The lowest BCUT2D eigenvalue weighted by Gasteiger charge is -2.41. The van der Waals surface area contributed by atoms with Crippen molar-refractivity contribution in [2.24, 2.45) is 0 Å². The number of anilines is 1. The molecular weight excluding hydrogens is 638 g/mol. The molecule has 0 aliphatic heterocycles. The molecule has 0 aliphatic rings. The smallest absolute Gasteiger partial charge is 0.265 e. The standard InChI is InChI=1S/C31H36ClN5O6S2/c1-30(2,3)23-13-12-22(20-25(23)43-5)27(38)37(29-33-16-19-44-29)31(14-8-18-42-4,21-36-17-9-15-34-36)28(39)35-45(40,41)26-11-7-6-10-24(26)32/h6-7,9-13,15-17,19-20H,8,14,18,21H2,1-5H3,(H,35,39). The zero-order valence-electron chi connectivity index (χ0n) is 25.7. The Bertz CT molecular complexity index is 1720. The molecule has 0 radical (unpaired) electrons. The van der Waals surface area contributed by atoms with Gasteiger partial charge in [-0.15, -0.1) is 11.3 Å². The third-order valence-electron chi connectivity index (χ3n) is 7.20. The van der Waals surface area contributed by atoms with Crippen molar-refractivity contribution in [1.29, 1.82) is 0 Å². The van der Waals surface area contributed by atoms with Gasteiger partial charge >= 0.3 is 0 Å². The molecule has 11 nitrogen and oxygen atoms in total. The van der Waals surface area contributed by atoms with Crippen LogP contribution >= 0.6 is 22.9 Å². The molecule has 240 valence electrons. The molecular formula is C31H36ClN5O6S2. The van der Waals surface area contributed by atoms with Gasteiger partial charge in [-0.3, -0.25) is 19.2 Å². The molecule has 0 fully saturated rings. The van der Waals surface area contributed by atoms with Crippen LogP contribution in [0.1, 0.15) is 49.5 Å². The Labute approximate surface area is 272 Å². The van der Waals surface area contributed by atoms with Crippen LogP contribution in [-0.2, 0) is 31.5 Å². The van der Waals surface area contributed by atoms with E-state index < -0.39 is 27.4 Å². The Hall–Kier alpha value is -3.78. The average molecular weight is 674 g/mol. The quantitative estimate of drug-likeness (QED) is 0.189. The first-order valence-electron chi connectivity index (χ1n) is 14.0. The molecule has 4 aromatic rings. The number of methoxy groups -OCH3 is 2. The summed E-state index contributed by atoms with van der Waals surface area (Å²) in [5.74, 6) is -1.05. The Kier molecular flexibility index (Phi) is 10.7. The molecule has 2 heterocycles. The van der Waals surface area contributed by atoms with Crippen molar-refractivity contribution < 1.29 is 27.5 Å². The monoisotopic (exact) mass is 673 g/mol. The van der Waals surface area contributed by atoms with E-state index >= 15 is 0 Å². The van der Waals surface area contributed by atoms with Gasteiger partial charge in [0.1, 0.15) is 16.2 Å². The second-order valence-corrected chi connectivity index (χ2v) is 14.2. The highest BCUT2D eigenvalue weighted by atomic mass is 35.5. The van der Waals surface area contributed by atoms with Crippen molar-refractivity contribution in [3.8, 4) is 5.75 Å². The van der Waals surface area contributed by atoms with E-state index in [1.807, 2.05) is 26.8 Å². The number of sulfonamides is 1. The van der Waals surface area contributed by atoms with Gasteiger partial charge in [-0.25, -0.2) is 18.1 Å². The fraction of sp³-hybridized carbons (Fsp3) is 0.355. The Balaban J connectivity index is 1.94. The summed E-state index contributed by atoms with van der Waals surface area (Å²) in [5, 5.41) is 6.10. The number of halogens is 1. The van der Waals surface area contributed by atoms with Gasteiger partial charge in [0.25, 0.3) is 21.8 Å². The van der Waals surface area contributed by atoms with E-state index in [4.69, 9.17) is 21.1 Å². The summed E-state index contributed by atoms with van der Waals surface area (Å²) < 4.78 is 41.9. The summed E-state index contributed by atoms with van der Waals surface area (Å²) in [6, 6.07) is 12.6. The van der Waals surface area contributed by atoms with Gasteiger partial charge in [0.15, 0.2) is 5.13 Å². The molecule has 2 aromatic heterocycles. The number of carbonyl (C=O) groups excluding carboxylic acids is 2. The summed E-state index contributed by atoms with van der Waals surface area (Å²) in [6.07, 6.45) is 4.96. The second-order valence-electron chi connectivity index (χ2n) is 11.3. The third-order valence-corrected chi connectivity index (χ3v) is 9.78. The first-order valence-corrected chi connectivity index (χ1v) is 16.8. The van der Waals surface area contributed by atoms with E-state index in [-0.39, 0.29) is 45.6 Å².